The van der Waals surface area contributed by atoms with Gasteiger partial charge in [0.2, 0.25) is 0 Å². The molecule has 0 aliphatic heterocycles. The molecule has 0 aromatic heterocycles. The van der Waals surface area contributed by atoms with Gasteiger partial charge in [-0.3, -0.25) is 0 Å². The van der Waals surface area contributed by atoms with Crippen LogP contribution in [-0.2, 0) is 13.0 Å². The van der Waals surface area contributed by atoms with E-state index in [1.807, 2.05) is 18.2 Å². The van der Waals surface area contributed by atoms with Gasteiger partial charge in [-0.15, -0.1) is 0 Å². The number of hydrogen-bond acceptors (Lipinski definition) is 2. The normalized spacial score (nSPS) is 11.0. The number of aryl methyl sites for hydroxylation is 1. The number of nitrogens with zero attached hydrogens (tertiary/aromatic N) is 1. The summed E-state index contributed by atoms with van der Waals surface area (Å²) in [4.78, 5) is 2.58. The minimum Gasteiger partial charge on any atom is -0.489 e. The molecule has 0 aliphatic carbocycles. The first kappa shape index (κ1) is 18.5. The van der Waals surface area contributed by atoms with Gasteiger partial charge in [0.25, 0.3) is 0 Å². The minimum absolute atomic E-state index is 0.628. The van der Waals surface area contributed by atoms with E-state index in [1.54, 1.807) is 0 Å². The maximum absolute atomic E-state index is 5.85. The molecular weight excluding hydrogens is 294 g/mol. The standard InChI is InChI=1S/C22H31NO/c1-3-16-23(17-4-2)18-8-11-20-12-14-22(15-13-20)24-19-21-9-6-5-7-10-21/h5-7,9-10,12-15H,3-4,8,11,16-19H2,1-2H3. The van der Waals surface area contributed by atoms with Gasteiger partial charge in [-0.25, -0.2) is 0 Å². The summed E-state index contributed by atoms with van der Waals surface area (Å²) in [5.41, 5.74) is 2.60. The molecule has 2 nitrogen and oxygen atoms in total. The lowest BCUT2D eigenvalue weighted by Crippen LogP contribution is -2.26. The predicted molar refractivity (Wildman–Crippen MR) is 103 cm³/mol. The van der Waals surface area contributed by atoms with Crippen molar-refractivity contribution in [2.75, 3.05) is 19.6 Å². The molecule has 0 fully saturated rings. The zero-order valence-electron chi connectivity index (χ0n) is 15.2. The lowest BCUT2D eigenvalue weighted by atomic mass is 10.1. The van der Waals surface area contributed by atoms with Crippen LogP contribution in [0.2, 0.25) is 0 Å². The zero-order chi connectivity index (χ0) is 17.0. The summed E-state index contributed by atoms with van der Waals surface area (Å²) in [6.07, 6.45) is 4.86. The number of benzene rings is 2. The monoisotopic (exact) mass is 325 g/mol. The van der Waals surface area contributed by atoms with Gasteiger partial charge in [0.05, 0.1) is 0 Å². The average Bonchev–Trinajstić information content (AvgIpc) is 2.62. The van der Waals surface area contributed by atoms with Crippen LogP contribution in [0, 0.1) is 0 Å². The second-order valence-electron chi connectivity index (χ2n) is 6.36. The third-order valence-electron chi connectivity index (χ3n) is 4.19. The summed E-state index contributed by atoms with van der Waals surface area (Å²) in [5.74, 6) is 0.946. The molecule has 24 heavy (non-hydrogen) atoms. The molecule has 0 unspecified atom stereocenters. The molecular formula is C22H31NO. The van der Waals surface area contributed by atoms with E-state index in [4.69, 9.17) is 4.74 Å². The summed E-state index contributed by atoms with van der Waals surface area (Å²) >= 11 is 0. The lowest BCUT2D eigenvalue weighted by molar-refractivity contribution is 0.271. The summed E-state index contributed by atoms with van der Waals surface area (Å²) < 4.78 is 5.85. The van der Waals surface area contributed by atoms with E-state index in [-0.39, 0.29) is 0 Å². The molecule has 0 aliphatic rings. The van der Waals surface area contributed by atoms with Crippen molar-refractivity contribution in [3.8, 4) is 5.75 Å². The van der Waals surface area contributed by atoms with Crippen LogP contribution in [-0.4, -0.2) is 24.5 Å². The Bertz CT molecular complexity index is 544. The van der Waals surface area contributed by atoms with E-state index in [9.17, 15) is 0 Å². The number of rotatable bonds is 11. The van der Waals surface area contributed by atoms with Gasteiger partial charge in [0.15, 0.2) is 0 Å². The van der Waals surface area contributed by atoms with Crippen molar-refractivity contribution < 1.29 is 4.74 Å². The Morgan fingerprint density at radius 1 is 0.750 bits per heavy atom. The highest BCUT2D eigenvalue weighted by molar-refractivity contribution is 5.27. The van der Waals surface area contributed by atoms with Gasteiger partial charge < -0.3 is 9.64 Å². The summed E-state index contributed by atoms with van der Waals surface area (Å²) in [5, 5.41) is 0. The first-order chi connectivity index (χ1) is 11.8. The van der Waals surface area contributed by atoms with Crippen LogP contribution in [0.5, 0.6) is 5.75 Å². The Hall–Kier alpha value is -1.80. The highest BCUT2D eigenvalue weighted by atomic mass is 16.5. The molecule has 2 aromatic rings. The van der Waals surface area contributed by atoms with Gasteiger partial charge in [-0.1, -0.05) is 56.3 Å². The highest BCUT2D eigenvalue weighted by Gasteiger charge is 2.03. The maximum Gasteiger partial charge on any atom is 0.119 e. The quantitative estimate of drug-likeness (QED) is 0.554. The minimum atomic E-state index is 0.628. The molecule has 0 bridgehead atoms. The molecule has 0 saturated heterocycles. The van der Waals surface area contributed by atoms with Crippen LogP contribution in [0.25, 0.3) is 0 Å². The fourth-order valence-electron chi connectivity index (χ4n) is 2.97. The molecule has 0 radical (unpaired) electrons. The van der Waals surface area contributed by atoms with E-state index in [0.29, 0.717) is 6.61 Å². The third-order valence-corrected chi connectivity index (χ3v) is 4.19. The topological polar surface area (TPSA) is 12.5 Å². The molecule has 0 N–H and O–H groups in total. The SMILES string of the molecule is CCCN(CCC)CCCc1ccc(OCc2ccccc2)cc1. The molecule has 0 spiro atoms. The molecule has 0 saturated carbocycles. The Labute approximate surface area is 147 Å². The first-order valence-corrected chi connectivity index (χ1v) is 9.29. The van der Waals surface area contributed by atoms with Crippen LogP contribution in [0.15, 0.2) is 54.6 Å². The molecule has 0 amide bonds. The van der Waals surface area contributed by atoms with Crippen molar-refractivity contribution in [3.05, 3.63) is 65.7 Å². The lowest BCUT2D eigenvalue weighted by Gasteiger charge is -2.20. The number of hydrogen-bond donors (Lipinski definition) is 0. The molecule has 0 atom stereocenters. The first-order valence-electron chi connectivity index (χ1n) is 9.29. The smallest absolute Gasteiger partial charge is 0.119 e. The highest BCUT2D eigenvalue weighted by Crippen LogP contribution is 2.15. The van der Waals surface area contributed by atoms with Gasteiger partial charge in [-0.05, 0) is 68.6 Å². The largest absolute Gasteiger partial charge is 0.489 e. The van der Waals surface area contributed by atoms with Crippen molar-refractivity contribution in [2.45, 2.75) is 46.1 Å². The van der Waals surface area contributed by atoms with Crippen molar-refractivity contribution in [2.24, 2.45) is 0 Å². The zero-order valence-corrected chi connectivity index (χ0v) is 15.2. The Balaban J connectivity index is 1.73. The second-order valence-corrected chi connectivity index (χ2v) is 6.36. The predicted octanol–water partition coefficient (Wildman–Crippen LogP) is 5.32. The second kappa shape index (κ2) is 10.9. The van der Waals surface area contributed by atoms with Crippen LogP contribution in [0.3, 0.4) is 0 Å². The fourth-order valence-corrected chi connectivity index (χ4v) is 2.97. The molecule has 2 heteroatoms. The van der Waals surface area contributed by atoms with Gasteiger partial charge in [0.1, 0.15) is 12.4 Å². The van der Waals surface area contributed by atoms with Gasteiger partial charge in [-0.2, -0.15) is 0 Å². The van der Waals surface area contributed by atoms with E-state index in [1.165, 1.54) is 50.0 Å². The van der Waals surface area contributed by atoms with E-state index in [0.717, 1.165) is 12.2 Å². The van der Waals surface area contributed by atoms with Crippen LogP contribution in [0.4, 0.5) is 0 Å². The van der Waals surface area contributed by atoms with Gasteiger partial charge >= 0.3 is 0 Å². The molecule has 2 aromatic carbocycles. The average molecular weight is 325 g/mol. The van der Waals surface area contributed by atoms with E-state index >= 15 is 0 Å². The third kappa shape index (κ3) is 6.76. The Morgan fingerprint density at radius 3 is 2.04 bits per heavy atom. The van der Waals surface area contributed by atoms with Crippen LogP contribution < -0.4 is 4.74 Å². The van der Waals surface area contributed by atoms with Crippen molar-refractivity contribution in [1.82, 2.24) is 4.90 Å². The Kier molecular flexibility index (Phi) is 8.40. The molecule has 130 valence electrons. The van der Waals surface area contributed by atoms with Crippen LogP contribution >= 0.6 is 0 Å². The van der Waals surface area contributed by atoms with Crippen molar-refractivity contribution in [1.29, 1.82) is 0 Å². The van der Waals surface area contributed by atoms with E-state index < -0.39 is 0 Å². The summed E-state index contributed by atoms with van der Waals surface area (Å²) in [6, 6.07) is 18.9. The fraction of sp³-hybridized carbons (Fsp3) is 0.455. The number of ether oxygens (including phenoxy) is 1. The van der Waals surface area contributed by atoms with Crippen molar-refractivity contribution >= 4 is 0 Å². The Morgan fingerprint density at radius 2 is 1.42 bits per heavy atom. The van der Waals surface area contributed by atoms with Gasteiger partial charge in [0, 0.05) is 0 Å². The molecule has 2 rings (SSSR count). The van der Waals surface area contributed by atoms with E-state index in [2.05, 4.69) is 55.1 Å². The van der Waals surface area contributed by atoms with Crippen LogP contribution in [0.1, 0.15) is 44.2 Å². The molecule has 0 heterocycles. The maximum atomic E-state index is 5.85. The summed E-state index contributed by atoms with van der Waals surface area (Å²) in [6.45, 7) is 8.80. The summed E-state index contributed by atoms with van der Waals surface area (Å²) in [7, 11) is 0. The van der Waals surface area contributed by atoms with Crippen molar-refractivity contribution in [3.63, 3.8) is 0 Å².